The van der Waals surface area contributed by atoms with E-state index in [-0.39, 0.29) is 11.7 Å². The molecule has 0 radical (unpaired) electrons. The lowest BCUT2D eigenvalue weighted by molar-refractivity contribution is 0.0368. The van der Waals surface area contributed by atoms with Crippen molar-refractivity contribution in [2.24, 2.45) is 0 Å². The number of hydrogen-bond donors (Lipinski definition) is 2. The van der Waals surface area contributed by atoms with Gasteiger partial charge in [-0.25, -0.2) is 14.8 Å². The number of aromatic nitrogens is 2. The third kappa shape index (κ3) is 4.15. The van der Waals surface area contributed by atoms with Gasteiger partial charge in [0.2, 0.25) is 0 Å². The zero-order valence-corrected chi connectivity index (χ0v) is 10.9. The highest BCUT2D eigenvalue weighted by Gasteiger charge is 2.14. The summed E-state index contributed by atoms with van der Waals surface area (Å²) in [6.07, 6.45) is 2.70. The number of nitrogens with zero attached hydrogens (tertiary/aromatic N) is 3. The van der Waals surface area contributed by atoms with Crippen LogP contribution in [0.3, 0.4) is 0 Å². The fourth-order valence-electron chi connectivity index (χ4n) is 1.98. The number of carboxylic acid groups (broad SMARTS) is 1. The van der Waals surface area contributed by atoms with E-state index in [1.165, 1.54) is 12.4 Å². The van der Waals surface area contributed by atoms with Crippen molar-refractivity contribution in [3.05, 3.63) is 18.1 Å². The van der Waals surface area contributed by atoms with Crippen molar-refractivity contribution in [3.63, 3.8) is 0 Å². The van der Waals surface area contributed by atoms with Gasteiger partial charge in [0, 0.05) is 25.7 Å². The van der Waals surface area contributed by atoms with Crippen molar-refractivity contribution in [1.29, 1.82) is 0 Å². The van der Waals surface area contributed by atoms with Crippen LogP contribution in [-0.2, 0) is 4.74 Å². The van der Waals surface area contributed by atoms with Gasteiger partial charge in [-0.1, -0.05) is 0 Å². The van der Waals surface area contributed by atoms with Crippen LogP contribution in [0.1, 0.15) is 17.4 Å². The molecule has 2 heterocycles. The van der Waals surface area contributed by atoms with Crippen molar-refractivity contribution in [2.45, 2.75) is 13.0 Å². The number of rotatable bonds is 5. The highest BCUT2D eigenvalue weighted by atomic mass is 16.5. The number of carbonyl (C=O) groups is 1. The van der Waals surface area contributed by atoms with E-state index in [0.29, 0.717) is 5.82 Å². The molecule has 2 rings (SSSR count). The van der Waals surface area contributed by atoms with E-state index in [2.05, 4.69) is 27.1 Å². The van der Waals surface area contributed by atoms with E-state index < -0.39 is 5.97 Å². The van der Waals surface area contributed by atoms with E-state index in [4.69, 9.17) is 9.84 Å². The van der Waals surface area contributed by atoms with E-state index in [0.717, 1.165) is 32.8 Å². The Morgan fingerprint density at radius 3 is 2.79 bits per heavy atom. The lowest BCUT2D eigenvalue weighted by Crippen LogP contribution is -2.42. The summed E-state index contributed by atoms with van der Waals surface area (Å²) in [7, 11) is 0. The largest absolute Gasteiger partial charge is 0.476 e. The Kier molecular flexibility index (Phi) is 4.64. The van der Waals surface area contributed by atoms with Gasteiger partial charge in [-0.05, 0) is 6.92 Å². The zero-order valence-electron chi connectivity index (χ0n) is 10.9. The Morgan fingerprint density at radius 1 is 1.47 bits per heavy atom. The van der Waals surface area contributed by atoms with Gasteiger partial charge < -0.3 is 15.2 Å². The summed E-state index contributed by atoms with van der Waals surface area (Å²) in [5.74, 6) is -0.480. The summed E-state index contributed by atoms with van der Waals surface area (Å²) in [5.41, 5.74) is -0.0496. The molecule has 1 aromatic rings. The monoisotopic (exact) mass is 266 g/mol. The highest BCUT2D eigenvalue weighted by molar-refractivity contribution is 5.84. The second-order valence-electron chi connectivity index (χ2n) is 4.55. The van der Waals surface area contributed by atoms with Crippen molar-refractivity contribution in [1.82, 2.24) is 14.9 Å². The molecule has 1 atom stereocenters. The first-order valence-electron chi connectivity index (χ1n) is 6.27. The summed E-state index contributed by atoms with van der Waals surface area (Å²) in [4.78, 5) is 20.8. The van der Waals surface area contributed by atoms with E-state index in [9.17, 15) is 4.79 Å². The molecule has 0 aromatic carbocycles. The highest BCUT2D eigenvalue weighted by Crippen LogP contribution is 2.05. The number of aromatic carboxylic acids is 1. The molecule has 104 valence electrons. The van der Waals surface area contributed by atoms with Gasteiger partial charge in [-0.2, -0.15) is 0 Å². The zero-order chi connectivity index (χ0) is 13.7. The van der Waals surface area contributed by atoms with Crippen molar-refractivity contribution >= 4 is 11.8 Å². The minimum atomic E-state index is -1.07. The lowest BCUT2D eigenvalue weighted by Gasteiger charge is -2.29. The molecule has 7 nitrogen and oxygen atoms in total. The van der Waals surface area contributed by atoms with Gasteiger partial charge in [-0.15, -0.1) is 0 Å². The molecule has 7 heteroatoms. The first kappa shape index (κ1) is 13.7. The SMILES string of the molecule is CC(CN1CCOCC1)Nc1cnc(C(=O)O)cn1. The molecule has 0 amide bonds. The number of nitrogens with one attached hydrogen (secondary N) is 1. The van der Waals surface area contributed by atoms with Gasteiger partial charge in [-0.3, -0.25) is 4.90 Å². The topological polar surface area (TPSA) is 87.6 Å². The number of morpholine rings is 1. The summed E-state index contributed by atoms with van der Waals surface area (Å²) in [6, 6.07) is 0.211. The predicted molar refractivity (Wildman–Crippen MR) is 69.3 cm³/mol. The van der Waals surface area contributed by atoms with Crippen LogP contribution >= 0.6 is 0 Å². The first-order chi connectivity index (χ1) is 9.15. The maximum absolute atomic E-state index is 10.7. The number of carboxylic acids is 1. The molecule has 1 fully saturated rings. The molecule has 2 N–H and O–H groups in total. The van der Waals surface area contributed by atoms with Gasteiger partial charge in [0.1, 0.15) is 5.82 Å². The Morgan fingerprint density at radius 2 is 2.21 bits per heavy atom. The second kappa shape index (κ2) is 6.44. The molecular formula is C12H18N4O3. The van der Waals surface area contributed by atoms with Crippen LogP contribution in [0.15, 0.2) is 12.4 Å². The molecule has 0 saturated carbocycles. The Balaban J connectivity index is 1.83. The molecule has 0 aliphatic carbocycles. The van der Waals surface area contributed by atoms with Crippen molar-refractivity contribution in [2.75, 3.05) is 38.2 Å². The lowest BCUT2D eigenvalue weighted by atomic mass is 10.3. The molecule has 19 heavy (non-hydrogen) atoms. The van der Waals surface area contributed by atoms with Crippen molar-refractivity contribution < 1.29 is 14.6 Å². The normalized spacial score (nSPS) is 17.9. The molecule has 1 unspecified atom stereocenters. The number of hydrogen-bond acceptors (Lipinski definition) is 6. The maximum atomic E-state index is 10.7. The summed E-state index contributed by atoms with van der Waals surface area (Å²) in [6.45, 7) is 6.39. The smallest absolute Gasteiger partial charge is 0.356 e. The second-order valence-corrected chi connectivity index (χ2v) is 4.55. The third-order valence-electron chi connectivity index (χ3n) is 2.90. The number of ether oxygens (including phenoxy) is 1. The molecule has 1 aliphatic heterocycles. The predicted octanol–water partition coefficient (Wildman–Crippen LogP) is 0.307. The Labute approximate surface area is 111 Å². The third-order valence-corrected chi connectivity index (χ3v) is 2.90. The Bertz CT molecular complexity index is 417. The van der Waals surface area contributed by atoms with E-state index in [1.54, 1.807) is 0 Å². The maximum Gasteiger partial charge on any atom is 0.356 e. The van der Waals surface area contributed by atoms with Crippen LogP contribution < -0.4 is 5.32 Å². The first-order valence-corrected chi connectivity index (χ1v) is 6.27. The molecule has 0 spiro atoms. The quantitative estimate of drug-likeness (QED) is 0.792. The average Bonchev–Trinajstić information content (AvgIpc) is 2.40. The van der Waals surface area contributed by atoms with Crippen LogP contribution in [0.4, 0.5) is 5.82 Å². The molecule has 1 aliphatic rings. The molecule has 0 bridgehead atoms. The average molecular weight is 266 g/mol. The molecule has 1 saturated heterocycles. The summed E-state index contributed by atoms with van der Waals surface area (Å²) >= 11 is 0. The minimum Gasteiger partial charge on any atom is -0.476 e. The van der Waals surface area contributed by atoms with E-state index in [1.807, 2.05) is 0 Å². The van der Waals surface area contributed by atoms with Gasteiger partial charge in [0.05, 0.1) is 25.6 Å². The van der Waals surface area contributed by atoms with Gasteiger partial charge >= 0.3 is 5.97 Å². The Hall–Kier alpha value is -1.73. The minimum absolute atomic E-state index is 0.0496. The van der Waals surface area contributed by atoms with Gasteiger partial charge in [0.25, 0.3) is 0 Å². The van der Waals surface area contributed by atoms with Crippen LogP contribution in [0.2, 0.25) is 0 Å². The molecule has 1 aromatic heterocycles. The summed E-state index contributed by atoms with van der Waals surface area (Å²) < 4.78 is 5.30. The van der Waals surface area contributed by atoms with Crippen molar-refractivity contribution in [3.8, 4) is 0 Å². The standard InChI is InChI=1S/C12H18N4O3/c1-9(8-16-2-4-19-5-3-16)15-11-7-13-10(6-14-11)12(17)18/h6-7,9H,2-5,8H2,1H3,(H,14,15)(H,17,18). The van der Waals surface area contributed by atoms with E-state index >= 15 is 0 Å². The number of anilines is 1. The van der Waals surface area contributed by atoms with Crippen LogP contribution in [-0.4, -0.2) is 64.8 Å². The van der Waals surface area contributed by atoms with Crippen LogP contribution in [0.25, 0.3) is 0 Å². The van der Waals surface area contributed by atoms with Crippen LogP contribution in [0, 0.1) is 0 Å². The molecular weight excluding hydrogens is 248 g/mol. The fraction of sp³-hybridized carbons (Fsp3) is 0.583. The van der Waals surface area contributed by atoms with Crippen LogP contribution in [0.5, 0.6) is 0 Å². The fourth-order valence-corrected chi connectivity index (χ4v) is 1.98. The summed E-state index contributed by atoms with van der Waals surface area (Å²) in [5, 5.41) is 11.9. The van der Waals surface area contributed by atoms with Gasteiger partial charge in [0.15, 0.2) is 5.69 Å².